The van der Waals surface area contributed by atoms with Crippen molar-refractivity contribution in [3.05, 3.63) is 114 Å². The van der Waals surface area contributed by atoms with E-state index in [2.05, 4.69) is 15.4 Å². The highest BCUT2D eigenvalue weighted by atomic mass is 35.5. The molecule has 0 aliphatic carbocycles. The zero-order valence-electron chi connectivity index (χ0n) is 28.9. The van der Waals surface area contributed by atoms with Gasteiger partial charge in [-0.05, 0) is 38.1 Å². The Bertz CT molecular complexity index is 2280. The molecular formula is C36H33Cl2N5O10. The number of hydrogen-bond donors (Lipinski definition) is 1. The highest BCUT2D eigenvalue weighted by Crippen LogP contribution is 2.41. The van der Waals surface area contributed by atoms with Crippen LogP contribution in [0.2, 0.25) is 10.0 Å². The number of carbonyl (C=O) groups excluding carboxylic acids is 3. The first kappa shape index (κ1) is 38.3. The minimum absolute atomic E-state index is 0.0474. The second-order valence-electron chi connectivity index (χ2n) is 11.3. The Kier molecular flexibility index (Phi) is 12.3. The van der Waals surface area contributed by atoms with Crippen molar-refractivity contribution in [3.8, 4) is 28.3 Å². The predicted octanol–water partition coefficient (Wildman–Crippen LogP) is 6.02. The van der Waals surface area contributed by atoms with E-state index in [0.29, 0.717) is 33.0 Å². The smallest absolute Gasteiger partial charge is 0.481 e. The van der Waals surface area contributed by atoms with Gasteiger partial charge in [-0.1, -0.05) is 53.5 Å². The molecule has 3 aromatic heterocycles. The van der Waals surface area contributed by atoms with Crippen molar-refractivity contribution in [2.75, 3.05) is 25.6 Å². The molecule has 1 N–H and O–H groups in total. The highest BCUT2D eigenvalue weighted by Gasteiger charge is 2.23. The van der Waals surface area contributed by atoms with Gasteiger partial charge in [-0.3, -0.25) is 14.4 Å². The van der Waals surface area contributed by atoms with Gasteiger partial charge < -0.3 is 33.3 Å². The summed E-state index contributed by atoms with van der Waals surface area (Å²) >= 11 is 13.8. The third kappa shape index (κ3) is 8.94. The number of nitrogens with one attached hydrogen (secondary N) is 1. The molecule has 15 nitrogen and oxygen atoms in total. The summed E-state index contributed by atoms with van der Waals surface area (Å²) in [5.41, 5.74) is 2.05. The SMILES string of the molecule is CCOC(=O)CCN(Cc1ccc(-c2cccc(-c3cccc(NC(=O)c4ccnn(C)c4=O)c3Cl)c2Cl)nc1OC)C(=O)OCc1oc(=O)oc1C. The Hall–Kier alpha value is -5.93. The molecule has 5 rings (SSSR count). The molecule has 0 bridgehead atoms. The molecule has 53 heavy (non-hydrogen) atoms. The molecule has 0 spiro atoms. The number of aromatic nitrogens is 3. The highest BCUT2D eigenvalue weighted by molar-refractivity contribution is 6.39. The van der Waals surface area contributed by atoms with E-state index in [0.717, 1.165) is 4.68 Å². The summed E-state index contributed by atoms with van der Waals surface area (Å²) in [7, 11) is 2.86. The molecule has 0 saturated carbocycles. The number of benzene rings is 2. The summed E-state index contributed by atoms with van der Waals surface area (Å²) in [6.45, 7) is 2.83. The first-order valence-electron chi connectivity index (χ1n) is 16.0. The van der Waals surface area contributed by atoms with Gasteiger partial charge in [0.15, 0.2) is 18.1 Å². The molecule has 0 saturated heterocycles. The summed E-state index contributed by atoms with van der Waals surface area (Å²) in [6.07, 6.45) is 0.422. The van der Waals surface area contributed by atoms with Crippen molar-refractivity contribution in [1.82, 2.24) is 19.7 Å². The molecule has 0 unspecified atom stereocenters. The number of carbonyl (C=O) groups is 3. The van der Waals surface area contributed by atoms with Gasteiger partial charge in [0.2, 0.25) is 5.88 Å². The summed E-state index contributed by atoms with van der Waals surface area (Å²) in [4.78, 5) is 68.1. The summed E-state index contributed by atoms with van der Waals surface area (Å²) in [5.74, 6) is -1.71. The molecule has 0 fully saturated rings. The minimum atomic E-state index is -0.925. The van der Waals surface area contributed by atoms with Gasteiger partial charge in [0.1, 0.15) is 5.56 Å². The zero-order valence-corrected chi connectivity index (χ0v) is 30.4. The van der Waals surface area contributed by atoms with Crippen LogP contribution in [0, 0.1) is 6.92 Å². The molecular weight excluding hydrogens is 733 g/mol. The average molecular weight is 767 g/mol. The van der Waals surface area contributed by atoms with Gasteiger partial charge >= 0.3 is 17.9 Å². The maximum atomic E-state index is 13.2. The van der Waals surface area contributed by atoms with Crippen LogP contribution in [0.3, 0.4) is 0 Å². The van der Waals surface area contributed by atoms with Crippen molar-refractivity contribution >= 4 is 46.9 Å². The van der Waals surface area contributed by atoms with Gasteiger partial charge in [0, 0.05) is 42.0 Å². The minimum Gasteiger partial charge on any atom is -0.481 e. The number of rotatable bonds is 13. The van der Waals surface area contributed by atoms with Crippen LogP contribution in [0.1, 0.15) is 40.8 Å². The lowest BCUT2D eigenvalue weighted by Crippen LogP contribution is -2.33. The Morgan fingerprint density at radius 1 is 0.943 bits per heavy atom. The fourth-order valence-corrected chi connectivity index (χ4v) is 5.78. The van der Waals surface area contributed by atoms with Crippen molar-refractivity contribution in [2.24, 2.45) is 7.05 Å². The van der Waals surface area contributed by atoms with Crippen LogP contribution in [0.15, 0.2) is 79.2 Å². The lowest BCUT2D eigenvalue weighted by atomic mass is 10.00. The van der Waals surface area contributed by atoms with Crippen LogP contribution in [0.25, 0.3) is 22.4 Å². The number of halogens is 2. The maximum Gasteiger partial charge on any atom is 0.519 e. The van der Waals surface area contributed by atoms with Crippen molar-refractivity contribution < 1.29 is 37.4 Å². The first-order valence-corrected chi connectivity index (χ1v) is 16.8. The van der Waals surface area contributed by atoms with Crippen LogP contribution in [0.4, 0.5) is 10.5 Å². The largest absolute Gasteiger partial charge is 0.519 e. The zero-order chi connectivity index (χ0) is 38.2. The molecule has 276 valence electrons. The third-order valence-corrected chi connectivity index (χ3v) is 8.68. The molecule has 2 aromatic carbocycles. The predicted molar refractivity (Wildman–Crippen MR) is 193 cm³/mol. The van der Waals surface area contributed by atoms with E-state index in [9.17, 15) is 24.0 Å². The second kappa shape index (κ2) is 17.1. The Morgan fingerprint density at radius 3 is 2.36 bits per heavy atom. The van der Waals surface area contributed by atoms with E-state index in [1.54, 1.807) is 55.5 Å². The molecule has 0 aliphatic heterocycles. The van der Waals surface area contributed by atoms with Crippen molar-refractivity contribution in [3.63, 3.8) is 0 Å². The standard InChI is InChI=1S/C36H33Cl2N5O10/c1-5-50-29(44)15-17-43(35(47)51-19-28-20(2)52-36(48)53-28)18-21-12-13-26(41-33(21)49-4)24-10-6-8-22(30(24)37)23-9-7-11-27(31(23)38)40-32(45)25-14-16-39-42(3)34(25)46/h6-14,16H,5,15,17-19H2,1-4H3,(H,40,45). The normalized spacial score (nSPS) is 10.8. The number of methoxy groups -OCH3 is 1. The topological polar surface area (TPSA) is 185 Å². The number of amides is 2. The second-order valence-corrected chi connectivity index (χ2v) is 12.0. The molecule has 0 radical (unpaired) electrons. The van der Waals surface area contributed by atoms with Crippen molar-refractivity contribution in [1.29, 1.82) is 0 Å². The number of esters is 1. The molecule has 17 heteroatoms. The maximum absolute atomic E-state index is 13.2. The van der Waals surface area contributed by atoms with E-state index >= 15 is 0 Å². The van der Waals surface area contributed by atoms with Gasteiger partial charge in [-0.15, -0.1) is 0 Å². The first-order chi connectivity index (χ1) is 25.4. The number of ether oxygens (including phenoxy) is 3. The van der Waals surface area contributed by atoms with E-state index < -0.39 is 29.4 Å². The van der Waals surface area contributed by atoms with Crippen LogP contribution >= 0.6 is 23.2 Å². The third-order valence-electron chi connectivity index (χ3n) is 7.87. The molecule has 0 aliphatic rings. The summed E-state index contributed by atoms with van der Waals surface area (Å²) in [5, 5.41) is 7.01. The van der Waals surface area contributed by atoms with Gasteiger partial charge in [-0.25, -0.2) is 19.3 Å². The number of aryl methyl sites for hydroxylation is 2. The van der Waals surface area contributed by atoms with Crippen LogP contribution in [-0.4, -0.2) is 57.9 Å². The van der Waals surface area contributed by atoms with E-state index in [1.807, 2.05) is 0 Å². The number of nitrogens with zero attached hydrogens (tertiary/aromatic N) is 4. The van der Waals surface area contributed by atoms with Crippen LogP contribution in [-0.2, 0) is 34.5 Å². The number of anilines is 1. The molecule has 0 atom stereocenters. The average Bonchev–Trinajstić information content (AvgIpc) is 3.47. The van der Waals surface area contributed by atoms with Gasteiger partial charge in [0.05, 0.1) is 48.1 Å². The van der Waals surface area contributed by atoms with E-state index in [1.165, 1.54) is 38.2 Å². The van der Waals surface area contributed by atoms with E-state index in [4.69, 9.17) is 46.2 Å². The number of hydrogen-bond acceptors (Lipinski definition) is 12. The monoisotopic (exact) mass is 765 g/mol. The van der Waals surface area contributed by atoms with Gasteiger partial charge in [-0.2, -0.15) is 5.10 Å². The Morgan fingerprint density at radius 2 is 1.66 bits per heavy atom. The van der Waals surface area contributed by atoms with Crippen LogP contribution < -0.4 is 21.4 Å². The molecule has 5 aromatic rings. The summed E-state index contributed by atoms with van der Waals surface area (Å²) < 4.78 is 26.8. The lowest BCUT2D eigenvalue weighted by molar-refractivity contribution is -0.143. The molecule has 2 amide bonds. The van der Waals surface area contributed by atoms with E-state index in [-0.39, 0.29) is 66.4 Å². The van der Waals surface area contributed by atoms with Crippen LogP contribution in [0.5, 0.6) is 5.88 Å². The fourth-order valence-electron chi connectivity index (χ4n) is 5.18. The van der Waals surface area contributed by atoms with Gasteiger partial charge in [0.25, 0.3) is 11.5 Å². The summed E-state index contributed by atoms with van der Waals surface area (Å²) in [6, 6.07) is 15.0. The Balaban J connectivity index is 1.40. The fraction of sp³-hybridized carbons (Fsp3) is 0.250. The van der Waals surface area contributed by atoms with Crippen molar-refractivity contribution in [2.45, 2.75) is 33.4 Å². The lowest BCUT2D eigenvalue weighted by Gasteiger charge is -2.22. The Labute approximate surface area is 312 Å². The molecule has 3 heterocycles. The quantitative estimate of drug-likeness (QED) is 0.138. The number of pyridine rings is 1.